The first-order valence-corrected chi connectivity index (χ1v) is 12.0. The Bertz CT molecular complexity index is 989. The highest BCUT2D eigenvalue weighted by atomic mass is 35.5. The minimum atomic E-state index is -3.72. The maximum atomic E-state index is 13.4. The van der Waals surface area contributed by atoms with Crippen LogP contribution in [0.15, 0.2) is 35.2 Å². The van der Waals surface area contributed by atoms with E-state index < -0.39 is 15.8 Å². The molecular formula is C20H25ClFN5O2S. The molecular weight excluding hydrogens is 429 g/mol. The molecule has 10 heteroatoms. The predicted molar refractivity (Wildman–Crippen MR) is 115 cm³/mol. The first-order valence-electron chi connectivity index (χ1n) is 10.1. The number of hydrogen-bond acceptors (Lipinski definition) is 6. The van der Waals surface area contributed by atoms with Gasteiger partial charge in [-0.2, -0.15) is 4.31 Å². The highest BCUT2D eigenvalue weighted by Crippen LogP contribution is 2.25. The van der Waals surface area contributed by atoms with Crippen LogP contribution < -0.4 is 9.80 Å². The molecule has 2 fully saturated rings. The number of halogens is 2. The van der Waals surface area contributed by atoms with Gasteiger partial charge in [-0.25, -0.2) is 12.8 Å². The molecule has 0 amide bonds. The van der Waals surface area contributed by atoms with Crippen LogP contribution in [-0.2, 0) is 10.0 Å². The number of anilines is 2. The number of nitrogens with zero attached hydrogens (tertiary/aromatic N) is 5. The zero-order chi connectivity index (χ0) is 21.3. The molecule has 0 unspecified atom stereocenters. The van der Waals surface area contributed by atoms with E-state index in [0.29, 0.717) is 26.2 Å². The fraction of sp³-hybridized carbons (Fsp3) is 0.500. The average molecular weight is 454 g/mol. The lowest BCUT2D eigenvalue weighted by molar-refractivity contribution is 0.383. The Morgan fingerprint density at radius 1 is 0.933 bits per heavy atom. The molecule has 3 heterocycles. The monoisotopic (exact) mass is 453 g/mol. The lowest BCUT2D eigenvalue weighted by Gasteiger charge is -2.35. The van der Waals surface area contributed by atoms with E-state index >= 15 is 0 Å². The van der Waals surface area contributed by atoms with Gasteiger partial charge in [0.1, 0.15) is 5.82 Å². The van der Waals surface area contributed by atoms with Crippen LogP contribution in [0.5, 0.6) is 0 Å². The third-order valence-electron chi connectivity index (χ3n) is 5.84. The highest BCUT2D eigenvalue weighted by molar-refractivity contribution is 7.89. The molecule has 4 rings (SSSR count). The van der Waals surface area contributed by atoms with Crippen molar-refractivity contribution >= 4 is 33.3 Å². The minimum absolute atomic E-state index is 0.00217. The van der Waals surface area contributed by atoms with Crippen LogP contribution in [0.3, 0.4) is 0 Å². The van der Waals surface area contributed by atoms with E-state index in [1.807, 2.05) is 17.0 Å². The summed E-state index contributed by atoms with van der Waals surface area (Å²) in [5.41, 5.74) is 0. The van der Waals surface area contributed by atoms with Gasteiger partial charge in [0.2, 0.25) is 10.0 Å². The minimum Gasteiger partial charge on any atom is -0.355 e. The normalized spacial score (nSPS) is 19.3. The van der Waals surface area contributed by atoms with Gasteiger partial charge < -0.3 is 9.80 Å². The molecule has 0 N–H and O–H groups in total. The summed E-state index contributed by atoms with van der Waals surface area (Å²) in [6.45, 7) is 5.90. The molecule has 0 spiro atoms. The molecule has 0 radical (unpaired) electrons. The fourth-order valence-electron chi connectivity index (χ4n) is 3.84. The summed E-state index contributed by atoms with van der Waals surface area (Å²) >= 11 is 5.75. The second-order valence-corrected chi connectivity index (χ2v) is 10.2. The summed E-state index contributed by atoms with van der Waals surface area (Å²) in [5, 5.41) is 8.56. The smallest absolute Gasteiger partial charge is 0.243 e. The van der Waals surface area contributed by atoms with E-state index in [2.05, 4.69) is 22.0 Å². The Balaban J connectivity index is 1.39. The largest absolute Gasteiger partial charge is 0.355 e. The lowest BCUT2D eigenvalue weighted by atomic mass is 9.99. The molecule has 162 valence electrons. The number of benzene rings is 1. The van der Waals surface area contributed by atoms with Gasteiger partial charge in [-0.05, 0) is 49.1 Å². The third kappa shape index (κ3) is 4.38. The SMILES string of the molecule is CC1CCN(c2ccc(N3CCN(S(=O)(=O)c4ccc(F)c(Cl)c4)CC3)nn2)CC1. The van der Waals surface area contributed by atoms with Crippen molar-refractivity contribution < 1.29 is 12.8 Å². The Morgan fingerprint density at radius 2 is 1.50 bits per heavy atom. The van der Waals surface area contributed by atoms with Crippen LogP contribution in [0.2, 0.25) is 5.02 Å². The molecule has 2 aliphatic heterocycles. The summed E-state index contributed by atoms with van der Waals surface area (Å²) in [4.78, 5) is 4.29. The molecule has 0 bridgehead atoms. The molecule has 7 nitrogen and oxygen atoms in total. The Labute approximate surface area is 181 Å². The molecule has 0 aliphatic carbocycles. The number of piperazine rings is 1. The molecule has 30 heavy (non-hydrogen) atoms. The van der Waals surface area contributed by atoms with Gasteiger partial charge in [-0.3, -0.25) is 0 Å². The number of piperidine rings is 1. The molecule has 2 aromatic rings. The first-order chi connectivity index (χ1) is 14.3. The average Bonchev–Trinajstić information content (AvgIpc) is 2.76. The van der Waals surface area contributed by atoms with Crippen molar-refractivity contribution in [3.05, 3.63) is 41.2 Å². The molecule has 1 aromatic heterocycles. The third-order valence-corrected chi connectivity index (χ3v) is 8.02. The Hall–Kier alpha value is -1.97. The van der Waals surface area contributed by atoms with E-state index in [1.165, 1.54) is 23.2 Å². The van der Waals surface area contributed by atoms with Crippen LogP contribution in [0.25, 0.3) is 0 Å². The number of hydrogen-bond donors (Lipinski definition) is 0. The Morgan fingerprint density at radius 3 is 2.03 bits per heavy atom. The summed E-state index contributed by atoms with van der Waals surface area (Å²) in [5.74, 6) is 1.75. The van der Waals surface area contributed by atoms with E-state index in [1.54, 1.807) is 0 Å². The molecule has 1 aromatic carbocycles. The molecule has 2 aliphatic rings. The van der Waals surface area contributed by atoms with Crippen LogP contribution >= 0.6 is 11.6 Å². The quantitative estimate of drug-likeness (QED) is 0.708. The first kappa shape index (κ1) is 21.3. The van der Waals surface area contributed by atoms with Gasteiger partial charge in [0, 0.05) is 39.3 Å². The van der Waals surface area contributed by atoms with E-state index in [4.69, 9.17) is 11.6 Å². The van der Waals surface area contributed by atoms with Crippen LogP contribution in [-0.4, -0.2) is 62.2 Å². The Kier molecular flexibility index (Phi) is 6.13. The lowest BCUT2D eigenvalue weighted by Crippen LogP contribution is -2.49. The van der Waals surface area contributed by atoms with Crippen LogP contribution in [0, 0.1) is 11.7 Å². The molecule has 2 saturated heterocycles. The van der Waals surface area contributed by atoms with E-state index in [0.717, 1.165) is 42.8 Å². The second-order valence-electron chi connectivity index (χ2n) is 7.89. The van der Waals surface area contributed by atoms with E-state index in [9.17, 15) is 12.8 Å². The fourth-order valence-corrected chi connectivity index (χ4v) is 5.53. The van der Waals surface area contributed by atoms with E-state index in [-0.39, 0.29) is 9.92 Å². The van der Waals surface area contributed by atoms with Gasteiger partial charge in [0.25, 0.3) is 0 Å². The predicted octanol–water partition coefficient (Wildman–Crippen LogP) is 3.02. The second kappa shape index (κ2) is 8.64. The molecule has 0 saturated carbocycles. The van der Waals surface area contributed by atoms with Crippen LogP contribution in [0.1, 0.15) is 19.8 Å². The van der Waals surface area contributed by atoms with Gasteiger partial charge in [-0.1, -0.05) is 18.5 Å². The van der Waals surface area contributed by atoms with Gasteiger partial charge in [0.15, 0.2) is 11.6 Å². The number of aromatic nitrogens is 2. The van der Waals surface area contributed by atoms with Crippen molar-refractivity contribution in [3.63, 3.8) is 0 Å². The van der Waals surface area contributed by atoms with Crippen molar-refractivity contribution in [2.75, 3.05) is 49.1 Å². The number of rotatable bonds is 4. The van der Waals surface area contributed by atoms with Crippen LogP contribution in [0.4, 0.5) is 16.0 Å². The highest BCUT2D eigenvalue weighted by Gasteiger charge is 2.29. The zero-order valence-corrected chi connectivity index (χ0v) is 18.4. The van der Waals surface area contributed by atoms with Gasteiger partial charge in [0.05, 0.1) is 9.92 Å². The maximum Gasteiger partial charge on any atom is 0.243 e. The standard InChI is InChI=1S/C20H25ClFN5O2S/c1-15-6-8-25(9-7-15)19-4-5-20(24-23-19)26-10-12-27(13-11-26)30(28,29)16-2-3-18(22)17(21)14-16/h2-5,14-15H,6-13H2,1H3. The summed E-state index contributed by atoms with van der Waals surface area (Å²) < 4.78 is 40.4. The van der Waals surface area contributed by atoms with Crippen molar-refractivity contribution in [1.82, 2.24) is 14.5 Å². The summed E-state index contributed by atoms with van der Waals surface area (Å²) in [7, 11) is -3.72. The summed E-state index contributed by atoms with van der Waals surface area (Å²) in [6.07, 6.45) is 2.33. The van der Waals surface area contributed by atoms with Crippen molar-refractivity contribution in [2.24, 2.45) is 5.92 Å². The molecule has 0 atom stereocenters. The van der Waals surface area contributed by atoms with Gasteiger partial charge >= 0.3 is 0 Å². The zero-order valence-electron chi connectivity index (χ0n) is 16.8. The summed E-state index contributed by atoms with van der Waals surface area (Å²) in [6, 6.07) is 7.41. The van der Waals surface area contributed by atoms with Crippen molar-refractivity contribution in [2.45, 2.75) is 24.7 Å². The number of sulfonamides is 1. The van der Waals surface area contributed by atoms with Crippen molar-refractivity contribution in [1.29, 1.82) is 0 Å². The van der Waals surface area contributed by atoms with Gasteiger partial charge in [-0.15, -0.1) is 10.2 Å². The topological polar surface area (TPSA) is 69.6 Å². The van der Waals surface area contributed by atoms with Crippen molar-refractivity contribution in [3.8, 4) is 0 Å². The maximum absolute atomic E-state index is 13.4.